The molecular formula is C17H27NO2. The Bertz CT molecular complexity index is 389. The third-order valence-electron chi connectivity index (χ3n) is 4.86. The van der Waals surface area contributed by atoms with E-state index in [9.17, 15) is 0 Å². The maximum Gasteiger partial charge on any atom is 0.119 e. The summed E-state index contributed by atoms with van der Waals surface area (Å²) in [6, 6.07) is 10.5. The topological polar surface area (TPSA) is 30.5 Å². The van der Waals surface area contributed by atoms with Crippen LogP contribution >= 0.6 is 0 Å². The number of nitrogens with one attached hydrogen (secondary N) is 1. The van der Waals surface area contributed by atoms with Crippen LogP contribution in [0.3, 0.4) is 0 Å². The zero-order chi connectivity index (χ0) is 14.4. The van der Waals surface area contributed by atoms with E-state index < -0.39 is 0 Å². The minimum absolute atomic E-state index is 0.307. The van der Waals surface area contributed by atoms with Crippen LogP contribution in [-0.2, 0) is 4.74 Å². The molecule has 3 heteroatoms. The van der Waals surface area contributed by atoms with Crippen molar-refractivity contribution in [3.05, 3.63) is 30.3 Å². The smallest absolute Gasteiger partial charge is 0.119 e. The fourth-order valence-electron chi connectivity index (χ4n) is 3.45. The van der Waals surface area contributed by atoms with Crippen molar-refractivity contribution in [3.63, 3.8) is 0 Å². The number of ether oxygens (including phenoxy) is 2. The number of rotatable bonds is 8. The van der Waals surface area contributed by atoms with Crippen molar-refractivity contribution in [2.45, 2.75) is 45.3 Å². The van der Waals surface area contributed by atoms with Crippen molar-refractivity contribution in [3.8, 4) is 5.75 Å². The van der Waals surface area contributed by atoms with Gasteiger partial charge in [0.15, 0.2) is 0 Å². The second-order valence-corrected chi connectivity index (χ2v) is 5.54. The third kappa shape index (κ3) is 2.99. The highest BCUT2D eigenvalue weighted by Crippen LogP contribution is 2.48. The van der Waals surface area contributed by atoms with Crippen LogP contribution in [0.1, 0.15) is 33.1 Å². The molecule has 3 nitrogen and oxygen atoms in total. The maximum atomic E-state index is 6.06. The van der Waals surface area contributed by atoms with Gasteiger partial charge in [-0.1, -0.05) is 32.0 Å². The quantitative estimate of drug-likeness (QED) is 0.740. The molecule has 1 aliphatic rings. The van der Waals surface area contributed by atoms with E-state index >= 15 is 0 Å². The molecular weight excluding hydrogens is 250 g/mol. The Kier molecular flexibility index (Phi) is 5.44. The molecule has 0 heterocycles. The van der Waals surface area contributed by atoms with E-state index in [0.717, 1.165) is 12.2 Å². The average Bonchev–Trinajstić information content (AvgIpc) is 2.48. The monoisotopic (exact) mass is 277 g/mol. The molecule has 1 fully saturated rings. The fourth-order valence-corrected chi connectivity index (χ4v) is 3.45. The Balaban J connectivity index is 1.74. The fraction of sp³-hybridized carbons (Fsp3) is 0.647. The van der Waals surface area contributed by atoms with Crippen molar-refractivity contribution in [2.75, 3.05) is 20.3 Å². The number of hydrogen-bond acceptors (Lipinski definition) is 3. The summed E-state index contributed by atoms with van der Waals surface area (Å²) in [4.78, 5) is 0. The first-order valence-corrected chi connectivity index (χ1v) is 7.73. The molecule has 20 heavy (non-hydrogen) atoms. The minimum Gasteiger partial charge on any atom is -0.491 e. The second kappa shape index (κ2) is 7.09. The lowest BCUT2D eigenvalue weighted by Crippen LogP contribution is -2.62. The zero-order valence-electron chi connectivity index (χ0n) is 12.9. The average molecular weight is 277 g/mol. The Morgan fingerprint density at radius 2 is 1.85 bits per heavy atom. The van der Waals surface area contributed by atoms with Gasteiger partial charge in [0.25, 0.3) is 0 Å². The largest absolute Gasteiger partial charge is 0.491 e. The highest BCUT2D eigenvalue weighted by atomic mass is 16.5. The lowest BCUT2D eigenvalue weighted by molar-refractivity contribution is -0.142. The Labute approximate surface area is 122 Å². The highest BCUT2D eigenvalue weighted by Gasteiger charge is 2.52. The van der Waals surface area contributed by atoms with Gasteiger partial charge in [0.05, 0.1) is 12.7 Å². The van der Waals surface area contributed by atoms with Crippen molar-refractivity contribution in [1.82, 2.24) is 5.32 Å². The lowest BCUT2D eigenvalue weighted by atomic mass is 9.59. The molecule has 2 rings (SSSR count). The van der Waals surface area contributed by atoms with E-state index in [1.165, 1.54) is 12.8 Å². The molecule has 1 aliphatic carbocycles. The van der Waals surface area contributed by atoms with Crippen LogP contribution in [0, 0.1) is 5.41 Å². The van der Waals surface area contributed by atoms with Gasteiger partial charge in [-0.25, -0.2) is 0 Å². The molecule has 1 aromatic rings. The van der Waals surface area contributed by atoms with Crippen LogP contribution in [-0.4, -0.2) is 32.4 Å². The third-order valence-corrected chi connectivity index (χ3v) is 4.86. The summed E-state index contributed by atoms with van der Waals surface area (Å²) < 4.78 is 11.7. The van der Waals surface area contributed by atoms with Crippen LogP contribution in [0.25, 0.3) is 0 Å². The van der Waals surface area contributed by atoms with Gasteiger partial charge in [0.1, 0.15) is 12.4 Å². The summed E-state index contributed by atoms with van der Waals surface area (Å²) >= 11 is 0. The first-order valence-electron chi connectivity index (χ1n) is 7.73. The van der Waals surface area contributed by atoms with E-state index in [1.54, 1.807) is 0 Å². The summed E-state index contributed by atoms with van der Waals surface area (Å²) in [5, 5.41) is 3.43. The predicted octanol–water partition coefficient (Wildman–Crippen LogP) is 3.25. The minimum atomic E-state index is 0.307. The molecule has 0 radical (unpaired) electrons. The molecule has 0 aromatic heterocycles. The molecule has 2 unspecified atom stereocenters. The van der Waals surface area contributed by atoms with Gasteiger partial charge in [0.2, 0.25) is 0 Å². The van der Waals surface area contributed by atoms with Gasteiger partial charge in [-0.3, -0.25) is 0 Å². The summed E-state index contributed by atoms with van der Waals surface area (Å²) in [5.74, 6) is 0.912. The predicted molar refractivity (Wildman–Crippen MR) is 82.2 cm³/mol. The van der Waals surface area contributed by atoms with E-state index in [1.807, 2.05) is 30.3 Å². The van der Waals surface area contributed by atoms with Gasteiger partial charge in [-0.15, -0.1) is 0 Å². The van der Waals surface area contributed by atoms with Gasteiger partial charge in [0, 0.05) is 11.5 Å². The summed E-state index contributed by atoms with van der Waals surface area (Å²) in [7, 11) is 2.06. The zero-order valence-corrected chi connectivity index (χ0v) is 12.9. The van der Waals surface area contributed by atoms with E-state index in [4.69, 9.17) is 9.47 Å². The Hall–Kier alpha value is -1.06. The molecule has 1 aromatic carbocycles. The van der Waals surface area contributed by atoms with Crippen LogP contribution in [0.5, 0.6) is 5.75 Å². The van der Waals surface area contributed by atoms with Crippen molar-refractivity contribution in [1.29, 1.82) is 0 Å². The molecule has 0 amide bonds. The number of para-hydroxylation sites is 1. The van der Waals surface area contributed by atoms with Crippen molar-refractivity contribution >= 4 is 0 Å². The first-order chi connectivity index (χ1) is 9.76. The Morgan fingerprint density at radius 1 is 1.15 bits per heavy atom. The van der Waals surface area contributed by atoms with Crippen LogP contribution < -0.4 is 10.1 Å². The molecule has 1 saturated carbocycles. The van der Waals surface area contributed by atoms with Gasteiger partial charge in [-0.2, -0.15) is 0 Å². The molecule has 112 valence electrons. The normalized spacial score (nSPS) is 24.1. The summed E-state index contributed by atoms with van der Waals surface area (Å²) in [6.45, 7) is 5.82. The van der Waals surface area contributed by atoms with Crippen molar-refractivity contribution < 1.29 is 9.47 Å². The highest BCUT2D eigenvalue weighted by molar-refractivity contribution is 5.20. The molecule has 0 spiro atoms. The molecule has 2 atom stereocenters. The van der Waals surface area contributed by atoms with Crippen molar-refractivity contribution in [2.24, 2.45) is 5.41 Å². The van der Waals surface area contributed by atoms with Gasteiger partial charge in [-0.05, 0) is 38.4 Å². The maximum absolute atomic E-state index is 6.06. The van der Waals surface area contributed by atoms with Crippen LogP contribution in [0.15, 0.2) is 30.3 Å². The molecule has 1 N–H and O–H groups in total. The van der Waals surface area contributed by atoms with E-state index in [0.29, 0.717) is 30.8 Å². The molecule has 0 saturated heterocycles. The van der Waals surface area contributed by atoms with Gasteiger partial charge >= 0.3 is 0 Å². The number of benzene rings is 1. The molecule has 0 bridgehead atoms. The standard InChI is InChI=1S/C17H27NO2/c1-4-17(5-2)15(18-3)13-16(17)20-12-11-19-14-9-7-6-8-10-14/h6-10,15-16,18H,4-5,11-13H2,1-3H3. The van der Waals surface area contributed by atoms with Crippen LogP contribution in [0.2, 0.25) is 0 Å². The van der Waals surface area contributed by atoms with E-state index in [-0.39, 0.29) is 0 Å². The summed E-state index contributed by atoms with van der Waals surface area (Å²) in [6.07, 6.45) is 3.82. The number of hydrogen-bond donors (Lipinski definition) is 1. The lowest BCUT2D eigenvalue weighted by Gasteiger charge is -2.55. The Morgan fingerprint density at radius 3 is 2.45 bits per heavy atom. The second-order valence-electron chi connectivity index (χ2n) is 5.54. The summed E-state index contributed by atoms with van der Waals surface area (Å²) in [5.41, 5.74) is 0.307. The van der Waals surface area contributed by atoms with Crippen LogP contribution in [0.4, 0.5) is 0 Å². The van der Waals surface area contributed by atoms with E-state index in [2.05, 4.69) is 26.2 Å². The molecule has 0 aliphatic heterocycles. The SMILES string of the molecule is CCC1(CC)C(NC)CC1OCCOc1ccccc1. The van der Waals surface area contributed by atoms with Gasteiger partial charge < -0.3 is 14.8 Å². The first kappa shape index (κ1) is 15.3.